The number of sulfonamides is 1. The molecule has 1 aromatic rings. The number of nitrogens with zero attached hydrogens (tertiary/aromatic N) is 2. The van der Waals surface area contributed by atoms with Crippen molar-refractivity contribution in [1.82, 2.24) is 9.21 Å². The first-order valence-electron chi connectivity index (χ1n) is 8.23. The molecule has 0 radical (unpaired) electrons. The minimum Gasteiger partial charge on any atom is -0.336 e. The second-order valence-electron chi connectivity index (χ2n) is 6.80. The summed E-state index contributed by atoms with van der Waals surface area (Å²) in [5.74, 6) is -0.138. The Labute approximate surface area is 138 Å². The number of hydrogen-bond acceptors (Lipinski definition) is 3. The highest BCUT2D eigenvalue weighted by molar-refractivity contribution is 7.90. The zero-order valence-corrected chi connectivity index (χ0v) is 14.5. The first-order valence-corrected chi connectivity index (χ1v) is 9.73. The molecule has 0 unspecified atom stereocenters. The van der Waals surface area contributed by atoms with Crippen LogP contribution < -0.4 is 0 Å². The van der Waals surface area contributed by atoms with E-state index in [-0.39, 0.29) is 23.1 Å². The molecule has 0 atom stereocenters. The standard InChI is InChI=1S/C17H24N2O3S/c1-13(2)19(10-14-6-4-3-5-7-14)17(20)15-11-18(12-15)23(21,22)16-8-9-16/h3-7,13,15-16H,8-12H2,1-2H3. The molecule has 0 N–H and O–H groups in total. The monoisotopic (exact) mass is 336 g/mol. The Morgan fingerprint density at radius 2 is 1.83 bits per heavy atom. The molecule has 126 valence electrons. The van der Waals surface area contributed by atoms with E-state index in [9.17, 15) is 13.2 Å². The summed E-state index contributed by atoms with van der Waals surface area (Å²) in [5, 5.41) is -0.191. The molecule has 2 fully saturated rings. The molecule has 23 heavy (non-hydrogen) atoms. The summed E-state index contributed by atoms with van der Waals surface area (Å²) in [6.45, 7) is 5.25. The molecule has 6 heteroatoms. The van der Waals surface area contributed by atoms with Crippen LogP contribution in [0.4, 0.5) is 0 Å². The van der Waals surface area contributed by atoms with Crippen LogP contribution in [-0.4, -0.2) is 47.9 Å². The van der Waals surface area contributed by atoms with Crippen molar-refractivity contribution in [3.63, 3.8) is 0 Å². The van der Waals surface area contributed by atoms with Crippen molar-refractivity contribution in [2.24, 2.45) is 5.92 Å². The lowest BCUT2D eigenvalue weighted by Crippen LogP contribution is -2.57. The smallest absolute Gasteiger partial charge is 0.228 e. The number of amides is 1. The maximum atomic E-state index is 12.7. The van der Waals surface area contributed by atoms with Gasteiger partial charge in [0.15, 0.2) is 0 Å². The van der Waals surface area contributed by atoms with Gasteiger partial charge in [0.2, 0.25) is 15.9 Å². The number of rotatable bonds is 6. The van der Waals surface area contributed by atoms with Gasteiger partial charge in [0.25, 0.3) is 0 Å². The molecule has 3 rings (SSSR count). The van der Waals surface area contributed by atoms with Crippen LogP contribution in [-0.2, 0) is 21.4 Å². The molecular weight excluding hydrogens is 312 g/mol. The van der Waals surface area contributed by atoms with E-state index in [2.05, 4.69) is 0 Å². The molecule has 0 aromatic heterocycles. The van der Waals surface area contributed by atoms with Crippen molar-refractivity contribution in [2.45, 2.75) is 44.5 Å². The quantitative estimate of drug-likeness (QED) is 0.796. The van der Waals surface area contributed by atoms with Crippen molar-refractivity contribution < 1.29 is 13.2 Å². The largest absolute Gasteiger partial charge is 0.336 e. The van der Waals surface area contributed by atoms with Crippen molar-refractivity contribution in [3.8, 4) is 0 Å². The molecule has 1 aliphatic carbocycles. The average Bonchev–Trinajstić information content (AvgIpc) is 3.28. The minimum absolute atomic E-state index is 0.0612. The zero-order chi connectivity index (χ0) is 16.6. The van der Waals surface area contributed by atoms with Crippen LogP contribution in [0.2, 0.25) is 0 Å². The van der Waals surface area contributed by atoms with Crippen LogP contribution in [0.1, 0.15) is 32.3 Å². The molecule has 2 aliphatic rings. The lowest BCUT2D eigenvalue weighted by atomic mass is 10.0. The Bertz CT molecular complexity index is 662. The third-order valence-corrected chi connectivity index (χ3v) is 6.94. The van der Waals surface area contributed by atoms with Gasteiger partial charge in [0.1, 0.15) is 0 Å². The van der Waals surface area contributed by atoms with Gasteiger partial charge in [-0.3, -0.25) is 4.79 Å². The van der Waals surface area contributed by atoms with Gasteiger partial charge in [0, 0.05) is 25.7 Å². The van der Waals surface area contributed by atoms with E-state index in [1.54, 1.807) is 0 Å². The summed E-state index contributed by atoms with van der Waals surface area (Å²) >= 11 is 0. The first kappa shape index (κ1) is 16.5. The Balaban J connectivity index is 1.62. The predicted molar refractivity (Wildman–Crippen MR) is 89.1 cm³/mol. The Kier molecular flexibility index (Phi) is 4.47. The van der Waals surface area contributed by atoms with Gasteiger partial charge in [-0.25, -0.2) is 8.42 Å². The molecule has 0 bridgehead atoms. The normalized spacial score (nSPS) is 19.6. The number of benzene rings is 1. The fourth-order valence-electron chi connectivity index (χ4n) is 2.91. The van der Waals surface area contributed by atoms with E-state index in [1.165, 1.54) is 4.31 Å². The molecule has 0 spiro atoms. The first-order chi connectivity index (χ1) is 10.9. The highest BCUT2D eigenvalue weighted by atomic mass is 32.2. The van der Waals surface area contributed by atoms with Gasteiger partial charge >= 0.3 is 0 Å². The SMILES string of the molecule is CC(C)N(Cc1ccccc1)C(=O)C1CN(S(=O)(=O)C2CC2)C1. The highest BCUT2D eigenvalue weighted by Crippen LogP contribution is 2.35. The van der Waals surface area contributed by atoms with Crippen LogP contribution in [0.3, 0.4) is 0 Å². The maximum absolute atomic E-state index is 12.7. The van der Waals surface area contributed by atoms with Gasteiger partial charge < -0.3 is 4.90 Å². The van der Waals surface area contributed by atoms with Crippen LogP contribution in [0.25, 0.3) is 0 Å². The zero-order valence-electron chi connectivity index (χ0n) is 13.7. The van der Waals surface area contributed by atoms with Crippen LogP contribution in [0.5, 0.6) is 0 Å². The molecule has 1 saturated heterocycles. The second-order valence-corrected chi connectivity index (χ2v) is 9.02. The summed E-state index contributed by atoms with van der Waals surface area (Å²) < 4.78 is 25.8. The molecular formula is C17H24N2O3S. The summed E-state index contributed by atoms with van der Waals surface area (Å²) in [6, 6.07) is 9.99. The second kappa shape index (κ2) is 6.24. The van der Waals surface area contributed by atoms with Gasteiger partial charge in [-0.05, 0) is 32.3 Å². The molecule has 1 aliphatic heterocycles. The van der Waals surface area contributed by atoms with E-state index in [0.29, 0.717) is 19.6 Å². The fraction of sp³-hybridized carbons (Fsp3) is 0.588. The number of hydrogen-bond donors (Lipinski definition) is 0. The van der Waals surface area contributed by atoms with E-state index in [0.717, 1.165) is 18.4 Å². The summed E-state index contributed by atoms with van der Waals surface area (Å²) in [5.41, 5.74) is 1.09. The van der Waals surface area contributed by atoms with Crippen LogP contribution in [0, 0.1) is 5.92 Å². The summed E-state index contributed by atoms with van der Waals surface area (Å²) in [4.78, 5) is 14.6. The third kappa shape index (κ3) is 3.43. The van der Waals surface area contributed by atoms with Gasteiger partial charge in [-0.1, -0.05) is 30.3 Å². The Morgan fingerprint density at radius 1 is 1.22 bits per heavy atom. The number of carbonyl (C=O) groups is 1. The highest BCUT2D eigenvalue weighted by Gasteiger charge is 2.47. The Hall–Kier alpha value is -1.40. The minimum atomic E-state index is -3.14. The van der Waals surface area contributed by atoms with Gasteiger partial charge in [0.05, 0.1) is 11.2 Å². The molecule has 1 amide bonds. The van der Waals surface area contributed by atoms with Gasteiger partial charge in [-0.15, -0.1) is 0 Å². The third-order valence-electron chi connectivity index (χ3n) is 4.60. The topological polar surface area (TPSA) is 57.7 Å². The fourth-order valence-corrected chi connectivity index (χ4v) is 4.84. The lowest BCUT2D eigenvalue weighted by molar-refractivity contribution is -0.141. The lowest BCUT2D eigenvalue weighted by Gasteiger charge is -2.40. The van der Waals surface area contributed by atoms with E-state index < -0.39 is 10.0 Å². The average molecular weight is 336 g/mol. The summed E-state index contributed by atoms with van der Waals surface area (Å²) in [6.07, 6.45) is 1.53. The van der Waals surface area contributed by atoms with E-state index in [1.807, 2.05) is 49.1 Å². The van der Waals surface area contributed by atoms with Crippen LogP contribution in [0.15, 0.2) is 30.3 Å². The van der Waals surface area contributed by atoms with Crippen molar-refractivity contribution >= 4 is 15.9 Å². The van der Waals surface area contributed by atoms with Crippen molar-refractivity contribution in [1.29, 1.82) is 0 Å². The molecule has 1 heterocycles. The number of carbonyl (C=O) groups excluding carboxylic acids is 1. The van der Waals surface area contributed by atoms with E-state index >= 15 is 0 Å². The maximum Gasteiger partial charge on any atom is 0.228 e. The van der Waals surface area contributed by atoms with Crippen molar-refractivity contribution in [3.05, 3.63) is 35.9 Å². The molecule has 1 aromatic carbocycles. The van der Waals surface area contributed by atoms with E-state index in [4.69, 9.17) is 0 Å². The van der Waals surface area contributed by atoms with Crippen molar-refractivity contribution in [2.75, 3.05) is 13.1 Å². The molecule has 1 saturated carbocycles. The van der Waals surface area contributed by atoms with Crippen LogP contribution >= 0.6 is 0 Å². The Morgan fingerprint density at radius 3 is 2.35 bits per heavy atom. The summed E-state index contributed by atoms with van der Waals surface area (Å²) in [7, 11) is -3.14. The predicted octanol–water partition coefficient (Wildman–Crippen LogP) is 1.85. The van der Waals surface area contributed by atoms with Gasteiger partial charge in [-0.2, -0.15) is 4.31 Å². The molecule has 5 nitrogen and oxygen atoms in total.